The van der Waals surface area contributed by atoms with Crippen molar-refractivity contribution in [2.45, 2.75) is 20.3 Å². The molecule has 0 aliphatic rings. The van der Waals surface area contributed by atoms with E-state index in [2.05, 4.69) is 29.9 Å². The van der Waals surface area contributed by atoms with Crippen LogP contribution in [-0.2, 0) is 0 Å². The molecular formula is C12H16N4O2. The Morgan fingerprint density at radius 3 is 2.56 bits per heavy atom. The maximum Gasteiger partial charge on any atom is 0.338 e. The largest absolute Gasteiger partial charge is 0.478 e. The van der Waals surface area contributed by atoms with E-state index in [1.54, 1.807) is 0 Å². The molecule has 96 valence electrons. The summed E-state index contributed by atoms with van der Waals surface area (Å²) in [6.07, 6.45) is 2.95. The average Bonchev–Trinajstić information content (AvgIpc) is 2.34. The molecule has 6 heteroatoms. The van der Waals surface area contributed by atoms with E-state index in [0.717, 1.165) is 6.54 Å². The van der Waals surface area contributed by atoms with Crippen molar-refractivity contribution >= 4 is 11.9 Å². The maximum atomic E-state index is 10.7. The molecule has 0 aliphatic carbocycles. The number of carbonyl (C=O) groups is 1. The molecule has 0 radical (unpaired) electrons. The van der Waals surface area contributed by atoms with Gasteiger partial charge in [-0.25, -0.2) is 14.8 Å². The van der Waals surface area contributed by atoms with Gasteiger partial charge in [-0.1, -0.05) is 13.8 Å². The molecule has 0 saturated heterocycles. The summed E-state index contributed by atoms with van der Waals surface area (Å²) in [5.41, 5.74) is 0.0588. The highest BCUT2D eigenvalue weighted by atomic mass is 16.4. The topological polar surface area (TPSA) is 90.1 Å². The second-order valence-corrected chi connectivity index (χ2v) is 4.32. The normalized spacial score (nSPS) is 10.1. The van der Waals surface area contributed by atoms with E-state index in [-0.39, 0.29) is 5.56 Å². The minimum absolute atomic E-state index is 0.0588. The Morgan fingerprint density at radius 1 is 1.50 bits per heavy atom. The quantitative estimate of drug-likeness (QED) is 0.821. The standard InChI is InChI=1S/C12H16N4O2/c1-9(2)8-16(5-3-4-13)12-14-6-10(7-15-12)11(17)18/h6-7,9H,3,5,8H2,1-2H3,(H,17,18). The van der Waals surface area contributed by atoms with E-state index in [1.165, 1.54) is 12.4 Å². The van der Waals surface area contributed by atoms with Gasteiger partial charge in [-0.3, -0.25) is 0 Å². The van der Waals surface area contributed by atoms with Gasteiger partial charge < -0.3 is 10.0 Å². The number of aromatic carboxylic acids is 1. The van der Waals surface area contributed by atoms with Gasteiger partial charge in [-0.05, 0) is 5.92 Å². The lowest BCUT2D eigenvalue weighted by Crippen LogP contribution is -2.30. The molecule has 18 heavy (non-hydrogen) atoms. The van der Waals surface area contributed by atoms with E-state index < -0.39 is 5.97 Å². The predicted octanol–water partition coefficient (Wildman–Crippen LogP) is 1.55. The zero-order chi connectivity index (χ0) is 13.5. The molecule has 1 aromatic rings. The van der Waals surface area contributed by atoms with Gasteiger partial charge in [0.15, 0.2) is 0 Å². The third kappa shape index (κ3) is 4.01. The van der Waals surface area contributed by atoms with Gasteiger partial charge >= 0.3 is 5.97 Å². The minimum atomic E-state index is -1.05. The molecule has 1 heterocycles. The van der Waals surface area contributed by atoms with Crippen LogP contribution in [0.25, 0.3) is 0 Å². The molecule has 0 aromatic carbocycles. The molecule has 1 aromatic heterocycles. The number of hydrogen-bond donors (Lipinski definition) is 1. The second-order valence-electron chi connectivity index (χ2n) is 4.32. The lowest BCUT2D eigenvalue weighted by atomic mass is 10.2. The van der Waals surface area contributed by atoms with Crippen molar-refractivity contribution in [3.05, 3.63) is 18.0 Å². The zero-order valence-corrected chi connectivity index (χ0v) is 10.5. The molecule has 0 spiro atoms. The Labute approximate surface area is 106 Å². The third-order valence-corrected chi connectivity index (χ3v) is 2.25. The molecule has 0 unspecified atom stereocenters. The molecule has 1 N–H and O–H groups in total. The second kappa shape index (κ2) is 6.55. The van der Waals surface area contributed by atoms with Crippen molar-refractivity contribution < 1.29 is 9.90 Å². The summed E-state index contributed by atoms with van der Waals surface area (Å²) in [5.74, 6) is -0.177. The van der Waals surface area contributed by atoms with E-state index in [0.29, 0.717) is 24.8 Å². The van der Waals surface area contributed by atoms with Gasteiger partial charge in [0.05, 0.1) is 18.1 Å². The zero-order valence-electron chi connectivity index (χ0n) is 10.5. The Bertz CT molecular complexity index is 436. The number of hydrogen-bond acceptors (Lipinski definition) is 5. The van der Waals surface area contributed by atoms with Crippen LogP contribution in [0.3, 0.4) is 0 Å². The van der Waals surface area contributed by atoms with Gasteiger partial charge in [-0.15, -0.1) is 0 Å². The number of nitriles is 1. The first kappa shape index (κ1) is 13.9. The summed E-state index contributed by atoms with van der Waals surface area (Å²) in [4.78, 5) is 20.6. The Hall–Kier alpha value is -2.16. The highest BCUT2D eigenvalue weighted by Gasteiger charge is 2.12. The van der Waals surface area contributed by atoms with Gasteiger partial charge in [0.1, 0.15) is 0 Å². The summed E-state index contributed by atoms with van der Waals surface area (Å²) in [5, 5.41) is 17.4. The summed E-state index contributed by atoms with van der Waals surface area (Å²) in [6, 6.07) is 2.08. The molecule has 6 nitrogen and oxygen atoms in total. The Kier molecular flexibility index (Phi) is 5.06. The highest BCUT2D eigenvalue weighted by molar-refractivity contribution is 5.86. The van der Waals surface area contributed by atoms with Crippen LogP contribution >= 0.6 is 0 Å². The van der Waals surface area contributed by atoms with E-state index in [9.17, 15) is 4.79 Å². The predicted molar refractivity (Wildman–Crippen MR) is 66.3 cm³/mol. The first-order chi connectivity index (χ1) is 8.54. The first-order valence-electron chi connectivity index (χ1n) is 5.71. The van der Waals surface area contributed by atoms with Crippen LogP contribution in [0, 0.1) is 17.2 Å². The molecule has 0 fully saturated rings. The summed E-state index contributed by atoms with van der Waals surface area (Å²) < 4.78 is 0. The molecule has 0 aliphatic heterocycles. The van der Waals surface area contributed by atoms with Crippen LogP contribution < -0.4 is 4.90 Å². The van der Waals surface area contributed by atoms with Crippen molar-refractivity contribution in [3.63, 3.8) is 0 Å². The number of carboxylic acids is 1. The van der Waals surface area contributed by atoms with Crippen molar-refractivity contribution in [2.24, 2.45) is 5.92 Å². The van der Waals surface area contributed by atoms with E-state index in [1.807, 2.05) is 4.90 Å². The Balaban J connectivity index is 2.84. The minimum Gasteiger partial charge on any atom is -0.478 e. The van der Waals surface area contributed by atoms with Crippen LogP contribution in [0.15, 0.2) is 12.4 Å². The van der Waals surface area contributed by atoms with Crippen LogP contribution in [0.4, 0.5) is 5.95 Å². The first-order valence-corrected chi connectivity index (χ1v) is 5.71. The lowest BCUT2D eigenvalue weighted by molar-refractivity contribution is 0.0696. The SMILES string of the molecule is CC(C)CN(CCC#N)c1ncc(C(=O)O)cn1. The molecule has 0 bridgehead atoms. The van der Waals surface area contributed by atoms with Gasteiger partial charge in [0, 0.05) is 25.5 Å². The fourth-order valence-electron chi connectivity index (χ4n) is 1.49. The molecular weight excluding hydrogens is 232 g/mol. The van der Waals surface area contributed by atoms with Crippen LogP contribution in [0.1, 0.15) is 30.6 Å². The smallest absolute Gasteiger partial charge is 0.338 e. The van der Waals surface area contributed by atoms with Gasteiger partial charge in [0.2, 0.25) is 5.95 Å². The van der Waals surface area contributed by atoms with Crippen molar-refractivity contribution in [2.75, 3.05) is 18.0 Å². The van der Waals surface area contributed by atoms with E-state index in [4.69, 9.17) is 10.4 Å². The number of aromatic nitrogens is 2. The van der Waals surface area contributed by atoms with E-state index >= 15 is 0 Å². The van der Waals surface area contributed by atoms with Crippen molar-refractivity contribution in [1.29, 1.82) is 5.26 Å². The monoisotopic (exact) mass is 248 g/mol. The number of anilines is 1. The maximum absolute atomic E-state index is 10.7. The molecule has 0 saturated carbocycles. The highest BCUT2D eigenvalue weighted by Crippen LogP contribution is 2.10. The van der Waals surface area contributed by atoms with Crippen molar-refractivity contribution in [1.82, 2.24) is 9.97 Å². The number of carboxylic acid groups (broad SMARTS) is 1. The fraction of sp³-hybridized carbons (Fsp3) is 0.500. The third-order valence-electron chi connectivity index (χ3n) is 2.25. The fourth-order valence-corrected chi connectivity index (χ4v) is 1.49. The summed E-state index contributed by atoms with van der Waals surface area (Å²) in [7, 11) is 0. The summed E-state index contributed by atoms with van der Waals surface area (Å²) >= 11 is 0. The number of rotatable bonds is 6. The molecule has 1 rings (SSSR count). The summed E-state index contributed by atoms with van der Waals surface area (Å²) in [6.45, 7) is 5.39. The van der Waals surface area contributed by atoms with Crippen LogP contribution in [-0.4, -0.2) is 34.1 Å². The number of nitrogens with zero attached hydrogens (tertiary/aromatic N) is 4. The van der Waals surface area contributed by atoms with Gasteiger partial charge in [0.25, 0.3) is 0 Å². The van der Waals surface area contributed by atoms with Crippen LogP contribution in [0.2, 0.25) is 0 Å². The van der Waals surface area contributed by atoms with Gasteiger partial charge in [-0.2, -0.15) is 5.26 Å². The molecule has 0 atom stereocenters. The average molecular weight is 248 g/mol. The Morgan fingerprint density at radius 2 is 2.11 bits per heavy atom. The van der Waals surface area contributed by atoms with Crippen LogP contribution in [0.5, 0.6) is 0 Å². The van der Waals surface area contributed by atoms with Crippen molar-refractivity contribution in [3.8, 4) is 6.07 Å². The molecule has 0 amide bonds. The lowest BCUT2D eigenvalue weighted by Gasteiger charge is -2.23.